The molecule has 168 valence electrons. The van der Waals surface area contributed by atoms with Crippen LogP contribution in [-0.4, -0.2) is 60.0 Å². The van der Waals surface area contributed by atoms with Gasteiger partial charge in [0.25, 0.3) is 5.91 Å². The highest BCUT2D eigenvalue weighted by Gasteiger charge is 2.31. The summed E-state index contributed by atoms with van der Waals surface area (Å²) in [4.78, 5) is 29.3. The third-order valence-corrected chi connectivity index (χ3v) is 6.75. The Balaban J connectivity index is 1.43. The highest BCUT2D eigenvalue weighted by atomic mass is 35.5. The SMILES string of the molecule is Cc1nc(N2CCCC2)c2c(C(=O)N3CCN(c4cc(Cl)ccc4C)CC3)c(C)oc2n1. The molecule has 5 rings (SSSR count). The lowest BCUT2D eigenvalue weighted by atomic mass is 10.1. The number of aryl methyl sites for hydroxylation is 3. The molecule has 0 unspecified atom stereocenters. The van der Waals surface area contributed by atoms with E-state index >= 15 is 0 Å². The van der Waals surface area contributed by atoms with E-state index in [1.165, 1.54) is 5.56 Å². The number of furan rings is 1. The minimum atomic E-state index is -0.00313. The van der Waals surface area contributed by atoms with Crippen molar-refractivity contribution in [3.8, 4) is 0 Å². The van der Waals surface area contributed by atoms with Gasteiger partial charge in [-0.1, -0.05) is 17.7 Å². The summed E-state index contributed by atoms with van der Waals surface area (Å²) < 4.78 is 5.96. The minimum absolute atomic E-state index is 0.00313. The molecule has 2 saturated heterocycles. The molecule has 0 aliphatic carbocycles. The zero-order valence-electron chi connectivity index (χ0n) is 18.8. The van der Waals surface area contributed by atoms with Crippen molar-refractivity contribution in [3.63, 3.8) is 0 Å². The van der Waals surface area contributed by atoms with Crippen LogP contribution in [0.1, 0.15) is 40.3 Å². The summed E-state index contributed by atoms with van der Waals surface area (Å²) in [5, 5.41) is 1.49. The van der Waals surface area contributed by atoms with E-state index < -0.39 is 0 Å². The van der Waals surface area contributed by atoms with E-state index in [-0.39, 0.29) is 5.91 Å². The average molecular weight is 454 g/mol. The Kier molecular flexibility index (Phi) is 5.45. The molecular formula is C24H28ClN5O2. The predicted octanol–water partition coefficient (Wildman–Crippen LogP) is 4.36. The Hall–Kier alpha value is -2.80. The molecule has 0 radical (unpaired) electrons. The summed E-state index contributed by atoms with van der Waals surface area (Å²) in [6, 6.07) is 5.96. The molecule has 0 N–H and O–H groups in total. The summed E-state index contributed by atoms with van der Waals surface area (Å²) in [5.41, 5.74) is 3.44. The number of rotatable bonds is 3. The van der Waals surface area contributed by atoms with Crippen LogP contribution in [0.3, 0.4) is 0 Å². The van der Waals surface area contributed by atoms with E-state index in [0.717, 1.165) is 60.9 Å². The number of carbonyl (C=O) groups is 1. The first-order chi connectivity index (χ1) is 15.4. The van der Waals surface area contributed by atoms with E-state index in [2.05, 4.69) is 21.7 Å². The normalized spacial score (nSPS) is 16.9. The smallest absolute Gasteiger partial charge is 0.258 e. The van der Waals surface area contributed by atoms with E-state index in [9.17, 15) is 4.79 Å². The van der Waals surface area contributed by atoms with Gasteiger partial charge in [-0.15, -0.1) is 0 Å². The number of anilines is 2. The molecule has 2 aromatic heterocycles. The number of aromatic nitrogens is 2. The number of piperazine rings is 1. The van der Waals surface area contributed by atoms with Gasteiger partial charge in [0.2, 0.25) is 5.71 Å². The fourth-order valence-electron chi connectivity index (χ4n) is 4.84. The maximum absolute atomic E-state index is 13.7. The van der Waals surface area contributed by atoms with Crippen molar-refractivity contribution in [2.45, 2.75) is 33.6 Å². The molecule has 3 aromatic rings. The van der Waals surface area contributed by atoms with E-state index in [0.29, 0.717) is 36.0 Å². The predicted molar refractivity (Wildman–Crippen MR) is 127 cm³/mol. The molecule has 8 heteroatoms. The van der Waals surface area contributed by atoms with Gasteiger partial charge in [-0.2, -0.15) is 4.98 Å². The summed E-state index contributed by atoms with van der Waals surface area (Å²) in [6.45, 7) is 10.5. The first-order valence-corrected chi connectivity index (χ1v) is 11.6. The lowest BCUT2D eigenvalue weighted by Crippen LogP contribution is -2.49. The van der Waals surface area contributed by atoms with Crippen LogP contribution in [0.2, 0.25) is 5.02 Å². The summed E-state index contributed by atoms with van der Waals surface area (Å²) in [7, 11) is 0. The third kappa shape index (κ3) is 3.68. The van der Waals surface area contributed by atoms with Gasteiger partial charge >= 0.3 is 0 Å². The van der Waals surface area contributed by atoms with Crippen LogP contribution in [0, 0.1) is 20.8 Å². The van der Waals surface area contributed by atoms with Gasteiger partial charge in [-0.3, -0.25) is 4.79 Å². The molecule has 1 aromatic carbocycles. The molecule has 32 heavy (non-hydrogen) atoms. The molecule has 0 spiro atoms. The summed E-state index contributed by atoms with van der Waals surface area (Å²) in [6.07, 6.45) is 2.27. The highest BCUT2D eigenvalue weighted by Crippen LogP contribution is 2.34. The molecule has 4 heterocycles. The number of hydrogen-bond donors (Lipinski definition) is 0. The van der Waals surface area contributed by atoms with Crippen LogP contribution in [0.4, 0.5) is 11.5 Å². The number of amides is 1. The second kappa shape index (κ2) is 8.28. The highest BCUT2D eigenvalue weighted by molar-refractivity contribution is 6.30. The quantitative estimate of drug-likeness (QED) is 0.587. The van der Waals surface area contributed by atoms with Gasteiger partial charge in [0.1, 0.15) is 17.4 Å². The molecule has 0 bridgehead atoms. The molecule has 2 fully saturated rings. The van der Waals surface area contributed by atoms with Gasteiger partial charge in [-0.05, 0) is 51.3 Å². The number of fused-ring (bicyclic) bond motifs is 1. The Labute approximate surface area is 193 Å². The van der Waals surface area contributed by atoms with Crippen molar-refractivity contribution >= 4 is 40.1 Å². The first kappa shape index (κ1) is 21.1. The molecule has 1 amide bonds. The lowest BCUT2D eigenvalue weighted by Gasteiger charge is -2.37. The van der Waals surface area contributed by atoms with Gasteiger partial charge in [0, 0.05) is 50.0 Å². The maximum Gasteiger partial charge on any atom is 0.258 e. The first-order valence-electron chi connectivity index (χ1n) is 11.3. The van der Waals surface area contributed by atoms with Crippen LogP contribution in [0.25, 0.3) is 11.1 Å². The van der Waals surface area contributed by atoms with Gasteiger partial charge < -0.3 is 19.1 Å². The molecule has 2 aliphatic heterocycles. The second-order valence-corrected chi connectivity index (χ2v) is 9.15. The summed E-state index contributed by atoms with van der Waals surface area (Å²) >= 11 is 6.22. The largest absolute Gasteiger partial charge is 0.442 e. The van der Waals surface area contributed by atoms with Gasteiger partial charge in [0.05, 0.1) is 10.9 Å². The van der Waals surface area contributed by atoms with Crippen molar-refractivity contribution in [1.82, 2.24) is 14.9 Å². The molecule has 0 saturated carbocycles. The third-order valence-electron chi connectivity index (χ3n) is 6.52. The molecule has 7 nitrogen and oxygen atoms in total. The second-order valence-electron chi connectivity index (χ2n) is 8.71. The number of carbonyl (C=O) groups excluding carboxylic acids is 1. The monoisotopic (exact) mass is 453 g/mol. The van der Waals surface area contributed by atoms with Crippen molar-refractivity contribution in [2.24, 2.45) is 0 Å². The van der Waals surface area contributed by atoms with Crippen molar-refractivity contribution < 1.29 is 9.21 Å². The molecular weight excluding hydrogens is 426 g/mol. The topological polar surface area (TPSA) is 65.7 Å². The fourth-order valence-corrected chi connectivity index (χ4v) is 5.01. The van der Waals surface area contributed by atoms with E-state index in [1.54, 1.807) is 0 Å². The Morgan fingerprint density at radius 2 is 1.69 bits per heavy atom. The standard InChI is InChI=1S/C24H28ClN5O2/c1-15-6-7-18(25)14-19(15)28-10-12-30(13-11-28)24(31)20-16(2)32-23-21(20)22(26-17(3)27-23)29-8-4-5-9-29/h6-7,14H,4-5,8-13H2,1-3H3. The van der Waals surface area contributed by atoms with Gasteiger partial charge in [-0.25, -0.2) is 4.98 Å². The van der Waals surface area contributed by atoms with Crippen LogP contribution >= 0.6 is 11.6 Å². The van der Waals surface area contributed by atoms with Crippen LogP contribution in [0.5, 0.6) is 0 Å². The van der Waals surface area contributed by atoms with E-state index in [4.69, 9.17) is 21.0 Å². The molecule has 0 atom stereocenters. The molecule has 2 aliphatic rings. The van der Waals surface area contributed by atoms with Crippen LogP contribution < -0.4 is 9.80 Å². The number of hydrogen-bond acceptors (Lipinski definition) is 6. The maximum atomic E-state index is 13.7. The Morgan fingerprint density at radius 3 is 2.41 bits per heavy atom. The number of nitrogens with zero attached hydrogens (tertiary/aromatic N) is 5. The zero-order chi connectivity index (χ0) is 22.4. The van der Waals surface area contributed by atoms with Crippen molar-refractivity contribution in [3.05, 3.63) is 45.9 Å². The minimum Gasteiger partial charge on any atom is -0.442 e. The lowest BCUT2D eigenvalue weighted by molar-refractivity contribution is 0.0746. The van der Waals surface area contributed by atoms with E-state index in [1.807, 2.05) is 36.9 Å². The van der Waals surface area contributed by atoms with Crippen LogP contribution in [-0.2, 0) is 0 Å². The summed E-state index contributed by atoms with van der Waals surface area (Å²) in [5.74, 6) is 2.10. The zero-order valence-corrected chi connectivity index (χ0v) is 19.6. The Morgan fingerprint density at radius 1 is 0.969 bits per heavy atom. The fraction of sp³-hybridized carbons (Fsp3) is 0.458. The van der Waals surface area contributed by atoms with Crippen molar-refractivity contribution in [1.29, 1.82) is 0 Å². The average Bonchev–Trinajstić information content (AvgIpc) is 3.42. The van der Waals surface area contributed by atoms with Crippen molar-refractivity contribution in [2.75, 3.05) is 49.1 Å². The Bertz CT molecular complexity index is 1180. The van der Waals surface area contributed by atoms with Gasteiger partial charge in [0.15, 0.2) is 0 Å². The van der Waals surface area contributed by atoms with Crippen LogP contribution in [0.15, 0.2) is 22.6 Å². The number of benzene rings is 1. The number of halogens is 1.